The molecule has 0 aliphatic carbocycles. The van der Waals surface area contributed by atoms with Crippen LogP contribution >= 0.6 is 34.7 Å². The summed E-state index contributed by atoms with van der Waals surface area (Å²) in [5.41, 5.74) is 3.20. The third kappa shape index (κ3) is 3.04. The van der Waals surface area contributed by atoms with Gasteiger partial charge in [-0.1, -0.05) is 41.6 Å². The van der Waals surface area contributed by atoms with Gasteiger partial charge in [0.2, 0.25) is 4.90 Å². The summed E-state index contributed by atoms with van der Waals surface area (Å²) in [6, 6.07) is 7.80. The normalized spacial score (nSPS) is 16.1. The molecule has 2 aromatic heterocycles. The highest BCUT2D eigenvalue weighted by atomic mass is 35.5. The summed E-state index contributed by atoms with van der Waals surface area (Å²) in [7, 11) is 0. The van der Waals surface area contributed by atoms with E-state index in [0.717, 1.165) is 37.6 Å². The summed E-state index contributed by atoms with van der Waals surface area (Å²) < 4.78 is 5.38. The molecule has 4 rings (SSSR count). The van der Waals surface area contributed by atoms with Crippen molar-refractivity contribution in [1.82, 2.24) is 4.98 Å². The van der Waals surface area contributed by atoms with Gasteiger partial charge in [0.25, 0.3) is 0 Å². The minimum absolute atomic E-state index is 0.745. The number of benzene rings is 1. The van der Waals surface area contributed by atoms with Gasteiger partial charge in [0, 0.05) is 16.0 Å². The van der Waals surface area contributed by atoms with Crippen LogP contribution in [0.15, 0.2) is 56.5 Å². The van der Waals surface area contributed by atoms with E-state index in [9.17, 15) is 0 Å². The highest BCUT2D eigenvalue weighted by Gasteiger charge is 2.16. The first-order valence-corrected chi connectivity index (χ1v) is 9.23. The Labute approximate surface area is 147 Å². The molecule has 3 heterocycles. The summed E-state index contributed by atoms with van der Waals surface area (Å²) in [4.78, 5) is 6.63. The van der Waals surface area contributed by atoms with Gasteiger partial charge >= 0.3 is 0 Å². The topological polar surface area (TPSA) is 38.1 Å². The van der Waals surface area contributed by atoms with Crippen molar-refractivity contribution in [3.05, 3.63) is 57.2 Å². The molecule has 3 aromatic rings. The second-order valence-corrected chi connectivity index (χ2v) is 7.61. The predicted octanol–water partition coefficient (Wildman–Crippen LogP) is 6.40. The minimum Gasteiger partial charge on any atom is -0.452 e. The van der Waals surface area contributed by atoms with Gasteiger partial charge in [0.1, 0.15) is 10.5 Å². The van der Waals surface area contributed by atoms with Crippen molar-refractivity contribution < 1.29 is 4.42 Å². The molecule has 0 amide bonds. The van der Waals surface area contributed by atoms with E-state index in [1.54, 1.807) is 29.4 Å². The van der Waals surface area contributed by atoms with Crippen LogP contribution in [-0.4, -0.2) is 4.98 Å². The van der Waals surface area contributed by atoms with Crippen LogP contribution in [0.4, 0.5) is 5.69 Å². The second-order valence-electron chi connectivity index (χ2n) is 5.09. The minimum atomic E-state index is 0.745. The molecule has 0 spiro atoms. The van der Waals surface area contributed by atoms with Crippen molar-refractivity contribution in [1.29, 1.82) is 0 Å². The fourth-order valence-electron chi connectivity index (χ4n) is 2.35. The van der Waals surface area contributed by atoms with Crippen LogP contribution in [0, 0.1) is 0 Å². The molecule has 1 aliphatic rings. The van der Waals surface area contributed by atoms with Crippen LogP contribution in [0.1, 0.15) is 18.4 Å². The molecule has 0 bridgehead atoms. The molecule has 1 N–H and O–H groups in total. The van der Waals surface area contributed by atoms with E-state index in [-0.39, 0.29) is 0 Å². The molecule has 0 radical (unpaired) electrons. The van der Waals surface area contributed by atoms with E-state index in [1.807, 2.05) is 24.3 Å². The first-order chi connectivity index (χ1) is 11.2. The smallest absolute Gasteiger partial charge is 0.207 e. The maximum absolute atomic E-state index is 6.04. The fraction of sp³-hybridized carbons (Fsp3) is 0.118. The maximum atomic E-state index is 6.04. The van der Waals surface area contributed by atoms with Crippen LogP contribution in [0.25, 0.3) is 16.5 Å². The zero-order valence-corrected chi connectivity index (χ0v) is 14.7. The van der Waals surface area contributed by atoms with Crippen molar-refractivity contribution in [3.63, 3.8) is 0 Å². The number of hydrogen-bond acceptors (Lipinski definition) is 5. The number of halogens is 1. The van der Waals surface area contributed by atoms with Crippen LogP contribution in [0.3, 0.4) is 0 Å². The molecule has 0 fully saturated rings. The number of anilines is 1. The number of aromatic nitrogens is 1. The van der Waals surface area contributed by atoms with E-state index in [1.165, 1.54) is 10.5 Å². The third-order valence-electron chi connectivity index (χ3n) is 3.49. The van der Waals surface area contributed by atoms with Gasteiger partial charge in [0.05, 0.1) is 17.0 Å². The molecule has 0 atom stereocenters. The summed E-state index contributed by atoms with van der Waals surface area (Å²) >= 11 is 9.33. The highest BCUT2D eigenvalue weighted by Crippen LogP contribution is 2.42. The standard InChI is InChI=1S/C17H13ClN2OS2/c1-2-10(8-16-19-12-5-6-21-17(12)23-16)7-15-20-13-9-11(18)3-4-14(13)22-15/h3-9,20H,2H2,1H3. The van der Waals surface area contributed by atoms with Gasteiger partial charge in [-0.2, -0.15) is 0 Å². The number of rotatable bonds is 3. The number of thioether (sulfide) groups is 1. The van der Waals surface area contributed by atoms with Crippen molar-refractivity contribution in [2.75, 3.05) is 5.32 Å². The summed E-state index contributed by atoms with van der Waals surface area (Å²) in [6.07, 6.45) is 6.89. The number of nitrogens with zero attached hydrogens (tertiary/aromatic N) is 1. The van der Waals surface area contributed by atoms with E-state index in [0.29, 0.717) is 0 Å². The molecule has 6 heteroatoms. The Morgan fingerprint density at radius 3 is 3.13 bits per heavy atom. The fourth-order valence-corrected chi connectivity index (χ4v) is 4.35. The Hall–Kier alpha value is -1.69. The molecule has 116 valence electrons. The molecule has 1 aliphatic heterocycles. The van der Waals surface area contributed by atoms with Crippen molar-refractivity contribution in [2.24, 2.45) is 0 Å². The Balaban J connectivity index is 1.61. The van der Waals surface area contributed by atoms with Crippen molar-refractivity contribution >= 4 is 56.9 Å². The maximum Gasteiger partial charge on any atom is 0.207 e. The molecule has 23 heavy (non-hydrogen) atoms. The Morgan fingerprint density at radius 2 is 2.30 bits per heavy atom. The number of nitrogens with one attached hydrogen (secondary N) is 1. The third-order valence-corrected chi connectivity index (χ3v) is 5.65. The average molecular weight is 361 g/mol. The Morgan fingerprint density at radius 1 is 1.39 bits per heavy atom. The van der Waals surface area contributed by atoms with E-state index >= 15 is 0 Å². The van der Waals surface area contributed by atoms with E-state index < -0.39 is 0 Å². The Kier molecular flexibility index (Phi) is 3.93. The van der Waals surface area contributed by atoms with Gasteiger partial charge in [-0.05, 0) is 42.3 Å². The number of allylic oxidation sites excluding steroid dienone is 2. The Bertz CT molecular complexity index is 911. The quantitative estimate of drug-likeness (QED) is 0.586. The van der Waals surface area contributed by atoms with E-state index in [2.05, 4.69) is 29.4 Å². The average Bonchev–Trinajstić information content (AvgIpc) is 3.19. The van der Waals surface area contributed by atoms with Gasteiger partial charge in [0.15, 0.2) is 0 Å². The number of thiazole rings is 1. The van der Waals surface area contributed by atoms with Gasteiger partial charge in [-0.3, -0.25) is 0 Å². The largest absolute Gasteiger partial charge is 0.452 e. The predicted molar refractivity (Wildman–Crippen MR) is 99.2 cm³/mol. The lowest BCUT2D eigenvalue weighted by Crippen LogP contribution is -1.89. The summed E-state index contributed by atoms with van der Waals surface area (Å²) in [5.74, 6) is 0. The molecule has 0 unspecified atom stereocenters. The van der Waals surface area contributed by atoms with Gasteiger partial charge in [-0.25, -0.2) is 4.98 Å². The van der Waals surface area contributed by atoms with Crippen LogP contribution in [0.2, 0.25) is 5.02 Å². The molecule has 0 saturated carbocycles. The van der Waals surface area contributed by atoms with Crippen molar-refractivity contribution in [2.45, 2.75) is 18.2 Å². The number of hydrogen-bond donors (Lipinski definition) is 1. The number of fused-ring (bicyclic) bond motifs is 2. The van der Waals surface area contributed by atoms with Crippen LogP contribution in [0.5, 0.6) is 0 Å². The molecule has 1 aromatic carbocycles. The first-order valence-electron chi connectivity index (χ1n) is 7.22. The zero-order chi connectivity index (χ0) is 15.8. The number of furan rings is 1. The molecular weight excluding hydrogens is 348 g/mol. The zero-order valence-electron chi connectivity index (χ0n) is 12.3. The summed E-state index contributed by atoms with van der Waals surface area (Å²) in [5, 5.41) is 6.23. The lowest BCUT2D eigenvalue weighted by molar-refractivity contribution is 0.623. The van der Waals surface area contributed by atoms with Crippen LogP contribution < -0.4 is 5.32 Å². The first kappa shape index (κ1) is 14.9. The highest BCUT2D eigenvalue weighted by molar-refractivity contribution is 8.03. The van der Waals surface area contributed by atoms with Gasteiger partial charge in [-0.15, -0.1) is 0 Å². The molecular formula is C17H13ClN2OS2. The van der Waals surface area contributed by atoms with Gasteiger partial charge < -0.3 is 9.73 Å². The lowest BCUT2D eigenvalue weighted by Gasteiger charge is -2.01. The second kappa shape index (κ2) is 6.07. The van der Waals surface area contributed by atoms with Crippen LogP contribution in [-0.2, 0) is 0 Å². The molecule has 0 saturated heterocycles. The van der Waals surface area contributed by atoms with Crippen molar-refractivity contribution in [3.8, 4) is 0 Å². The van der Waals surface area contributed by atoms with E-state index in [4.69, 9.17) is 16.0 Å². The monoisotopic (exact) mass is 360 g/mol. The molecule has 3 nitrogen and oxygen atoms in total. The lowest BCUT2D eigenvalue weighted by atomic mass is 10.2. The SMILES string of the molecule is CCC(=Cc1nc2ccoc2s1)C=C1Nc2cc(Cl)ccc2S1. The summed E-state index contributed by atoms with van der Waals surface area (Å²) in [6.45, 7) is 2.14.